The van der Waals surface area contributed by atoms with Gasteiger partial charge in [-0.1, -0.05) is 16.9 Å². The van der Waals surface area contributed by atoms with Crippen LogP contribution in [0.2, 0.25) is 0 Å². The molecular weight excluding hydrogens is 236 g/mol. The van der Waals surface area contributed by atoms with E-state index in [1.807, 2.05) is 0 Å². The van der Waals surface area contributed by atoms with Crippen molar-refractivity contribution in [2.24, 2.45) is 0 Å². The Morgan fingerprint density at radius 2 is 1.93 bits per heavy atom. The molecule has 0 N–H and O–H groups in total. The lowest BCUT2D eigenvalue weighted by molar-refractivity contribution is -0.140. The maximum absolute atomic E-state index is 12.8. The van der Waals surface area contributed by atoms with Crippen molar-refractivity contribution >= 4 is 22.5 Å². The molecule has 0 amide bonds. The summed E-state index contributed by atoms with van der Waals surface area (Å²) in [5, 5.41) is 0. The normalized spacial score (nSPS) is 11.8. The van der Waals surface area contributed by atoms with E-state index in [-0.39, 0.29) is 0 Å². The molecule has 0 saturated carbocycles. The fourth-order valence-electron chi connectivity index (χ4n) is 0.954. The van der Waals surface area contributed by atoms with E-state index in [9.17, 15) is 17.6 Å². The van der Waals surface area contributed by atoms with Gasteiger partial charge in [-0.15, -0.1) is 11.7 Å². The highest BCUT2D eigenvalue weighted by molar-refractivity contribution is 8.68. The van der Waals surface area contributed by atoms with Gasteiger partial charge in [-0.05, 0) is 17.7 Å². The van der Waals surface area contributed by atoms with Crippen LogP contribution in [-0.2, 0) is 11.9 Å². The van der Waals surface area contributed by atoms with Crippen LogP contribution in [-0.4, -0.2) is 0 Å². The summed E-state index contributed by atoms with van der Waals surface area (Å²) in [4.78, 5) is 0. The van der Waals surface area contributed by atoms with E-state index < -0.39 is 17.6 Å². The lowest BCUT2D eigenvalue weighted by Crippen LogP contribution is -2.08. The van der Waals surface area contributed by atoms with E-state index in [1.165, 1.54) is 6.07 Å². The van der Waals surface area contributed by atoms with Crippen LogP contribution in [0.5, 0.6) is 0 Å². The first kappa shape index (κ1) is 11.7. The Balaban J connectivity index is 3.09. The smallest absolute Gasteiger partial charge is 0.206 e. The molecule has 0 radical (unpaired) electrons. The van der Waals surface area contributed by atoms with Crippen molar-refractivity contribution in [3.63, 3.8) is 0 Å². The summed E-state index contributed by atoms with van der Waals surface area (Å²) in [7, 11) is 1.08. The highest BCUT2D eigenvalue weighted by Crippen LogP contribution is 2.32. The van der Waals surface area contributed by atoms with Crippen molar-refractivity contribution < 1.29 is 17.6 Å². The van der Waals surface area contributed by atoms with Gasteiger partial charge in [-0.2, -0.15) is 13.2 Å². The van der Waals surface area contributed by atoms with Gasteiger partial charge in [0.05, 0.1) is 5.56 Å². The van der Waals surface area contributed by atoms with Crippen molar-refractivity contribution in [3.05, 3.63) is 35.1 Å². The second kappa shape index (κ2) is 4.44. The molecule has 0 nitrogen and oxygen atoms in total. The first-order chi connectivity index (χ1) is 6.45. The minimum atomic E-state index is -4.64. The molecule has 0 bridgehead atoms. The molecule has 1 rings (SSSR count). The van der Waals surface area contributed by atoms with Crippen LogP contribution in [0.15, 0.2) is 18.2 Å². The van der Waals surface area contributed by atoms with Crippen molar-refractivity contribution in [1.29, 1.82) is 0 Å². The van der Waals surface area contributed by atoms with Crippen LogP contribution in [0, 0.1) is 5.82 Å². The Morgan fingerprint density at radius 1 is 1.29 bits per heavy atom. The molecule has 0 aliphatic carbocycles. The monoisotopic (exact) mass is 242 g/mol. The molecule has 0 atom stereocenters. The Bertz CT molecular complexity index is 322. The van der Waals surface area contributed by atoms with E-state index in [0.717, 1.165) is 22.9 Å². The number of alkyl halides is 3. The molecule has 0 saturated heterocycles. The second-order valence-corrected chi connectivity index (χ2v) is 3.91. The number of hydrogen-bond acceptors (Lipinski definition) is 2. The molecule has 0 heterocycles. The summed E-state index contributed by atoms with van der Waals surface area (Å²) in [6.07, 6.45) is -4.64. The molecule has 1 aromatic rings. The van der Waals surface area contributed by atoms with Gasteiger partial charge in [0.1, 0.15) is 5.82 Å². The van der Waals surface area contributed by atoms with Crippen LogP contribution < -0.4 is 0 Å². The van der Waals surface area contributed by atoms with Gasteiger partial charge in [0, 0.05) is 5.75 Å². The van der Waals surface area contributed by atoms with Gasteiger partial charge in [-0.25, -0.2) is 4.39 Å². The van der Waals surface area contributed by atoms with Gasteiger partial charge in [0.2, 0.25) is 0 Å². The zero-order valence-corrected chi connectivity index (χ0v) is 8.52. The van der Waals surface area contributed by atoms with Gasteiger partial charge in [0.25, 0.3) is 0 Å². The number of halogens is 4. The third kappa shape index (κ3) is 2.81. The number of benzene rings is 1. The maximum Gasteiger partial charge on any atom is 0.419 e. The van der Waals surface area contributed by atoms with Crippen molar-refractivity contribution in [2.75, 3.05) is 0 Å². The van der Waals surface area contributed by atoms with Gasteiger partial charge < -0.3 is 0 Å². The van der Waals surface area contributed by atoms with Crippen LogP contribution in [0.1, 0.15) is 11.1 Å². The average Bonchev–Trinajstić information content (AvgIpc) is 2.07. The molecule has 78 valence electrons. The summed E-state index contributed by atoms with van der Waals surface area (Å²) in [6, 6.07) is 2.94. The zero-order chi connectivity index (χ0) is 10.8. The quantitative estimate of drug-likeness (QED) is 0.466. The molecule has 0 aliphatic heterocycles. The van der Waals surface area contributed by atoms with Crippen LogP contribution in [0.3, 0.4) is 0 Å². The summed E-state index contributed by atoms with van der Waals surface area (Å²) < 4.78 is 49.4. The molecule has 0 aliphatic rings. The van der Waals surface area contributed by atoms with Crippen molar-refractivity contribution in [1.82, 2.24) is 0 Å². The van der Waals surface area contributed by atoms with Crippen LogP contribution in [0.4, 0.5) is 17.6 Å². The molecule has 0 spiro atoms. The molecule has 1 aromatic carbocycles. The highest BCUT2D eigenvalue weighted by Gasteiger charge is 2.34. The fourth-order valence-corrected chi connectivity index (χ4v) is 1.73. The highest BCUT2D eigenvalue weighted by atomic mass is 33.1. The Labute approximate surface area is 87.5 Å². The minimum Gasteiger partial charge on any atom is -0.206 e. The average molecular weight is 242 g/mol. The third-order valence-electron chi connectivity index (χ3n) is 1.57. The molecule has 0 fully saturated rings. The molecule has 14 heavy (non-hydrogen) atoms. The predicted molar refractivity (Wildman–Crippen MR) is 51.7 cm³/mol. The number of hydrogen-bond donors (Lipinski definition) is 1. The summed E-state index contributed by atoms with van der Waals surface area (Å²) in [6.45, 7) is 0. The maximum atomic E-state index is 12.8. The SMILES string of the molecule is Fc1ccc(CSS)cc1C(F)(F)F. The number of rotatable bonds is 2. The van der Waals surface area contributed by atoms with E-state index in [2.05, 4.69) is 11.7 Å². The topological polar surface area (TPSA) is 0 Å². The largest absolute Gasteiger partial charge is 0.419 e. The van der Waals surface area contributed by atoms with E-state index in [1.54, 1.807) is 0 Å². The standard InChI is InChI=1S/C8H6F4S2/c9-7-2-1-5(4-14-13)3-6(7)8(10,11)12/h1-3,13H,4H2. The van der Waals surface area contributed by atoms with Crippen molar-refractivity contribution in [3.8, 4) is 0 Å². The van der Waals surface area contributed by atoms with Gasteiger partial charge in [-0.3, -0.25) is 0 Å². The van der Waals surface area contributed by atoms with E-state index in [4.69, 9.17) is 0 Å². The summed E-state index contributed by atoms with van der Waals surface area (Å²) in [5.41, 5.74) is -0.823. The first-order valence-electron chi connectivity index (χ1n) is 3.57. The van der Waals surface area contributed by atoms with E-state index >= 15 is 0 Å². The summed E-state index contributed by atoms with van der Waals surface area (Å²) in [5.74, 6) is -0.933. The number of thiol groups is 1. The molecule has 0 unspecified atom stereocenters. The van der Waals surface area contributed by atoms with Crippen molar-refractivity contribution in [2.45, 2.75) is 11.9 Å². The molecule has 6 heteroatoms. The van der Waals surface area contributed by atoms with Crippen LogP contribution >= 0.6 is 22.5 Å². The zero-order valence-electron chi connectivity index (χ0n) is 6.81. The lowest BCUT2D eigenvalue weighted by Gasteiger charge is -2.09. The minimum absolute atomic E-state index is 0.312. The Morgan fingerprint density at radius 3 is 2.43 bits per heavy atom. The Kier molecular flexibility index (Phi) is 3.71. The third-order valence-corrected chi connectivity index (χ3v) is 2.42. The van der Waals surface area contributed by atoms with Gasteiger partial charge in [0.15, 0.2) is 0 Å². The lowest BCUT2D eigenvalue weighted by atomic mass is 10.1. The molecule has 0 aromatic heterocycles. The Hall–Kier alpha value is -0.360. The molecular formula is C8H6F4S2. The fraction of sp³-hybridized carbons (Fsp3) is 0.250. The second-order valence-electron chi connectivity index (χ2n) is 2.59. The van der Waals surface area contributed by atoms with Gasteiger partial charge >= 0.3 is 6.18 Å². The van der Waals surface area contributed by atoms with Crippen LogP contribution in [0.25, 0.3) is 0 Å². The van der Waals surface area contributed by atoms with E-state index in [0.29, 0.717) is 11.3 Å². The summed E-state index contributed by atoms with van der Waals surface area (Å²) >= 11 is 3.81. The predicted octanol–water partition coefficient (Wildman–Crippen LogP) is 3.92. The first-order valence-corrected chi connectivity index (χ1v) is 5.61.